The third kappa shape index (κ3) is 3.07. The minimum absolute atomic E-state index is 0.0840. The fourth-order valence-electron chi connectivity index (χ4n) is 2.68. The number of benzene rings is 1. The molecule has 1 amide bonds. The minimum atomic E-state index is -0.927. The van der Waals surface area contributed by atoms with E-state index >= 15 is 0 Å². The van der Waals surface area contributed by atoms with E-state index in [4.69, 9.17) is 0 Å². The average molecular weight is 307 g/mol. The molecule has 1 N–H and O–H groups in total. The first-order valence-corrected chi connectivity index (χ1v) is 8.12. The quantitative estimate of drug-likeness (QED) is 0.933. The fourth-order valence-corrected chi connectivity index (χ4v) is 4.15. The third-order valence-corrected chi connectivity index (χ3v) is 5.36. The number of hydrogen-bond donors (Lipinski definition) is 1. The Balaban J connectivity index is 2.39. The van der Waals surface area contributed by atoms with Crippen LogP contribution in [0.2, 0.25) is 0 Å². The molecule has 5 heteroatoms. The summed E-state index contributed by atoms with van der Waals surface area (Å²) in [6.07, 6.45) is 0. The summed E-state index contributed by atoms with van der Waals surface area (Å²) >= 11 is 1.55. The topological polar surface area (TPSA) is 57.6 Å². The van der Waals surface area contributed by atoms with E-state index in [-0.39, 0.29) is 17.2 Å². The van der Waals surface area contributed by atoms with Gasteiger partial charge in [0.05, 0.1) is 5.37 Å². The number of nitrogens with zero attached hydrogens (tertiary/aromatic N) is 1. The molecule has 4 nitrogen and oxygen atoms in total. The lowest BCUT2D eigenvalue weighted by molar-refractivity contribution is -0.141. The zero-order valence-electron chi connectivity index (χ0n) is 12.8. The van der Waals surface area contributed by atoms with Crippen molar-refractivity contribution in [2.45, 2.75) is 39.1 Å². The Labute approximate surface area is 129 Å². The summed E-state index contributed by atoms with van der Waals surface area (Å²) in [6, 6.07) is 4.91. The van der Waals surface area contributed by atoms with Crippen molar-refractivity contribution < 1.29 is 14.7 Å². The van der Waals surface area contributed by atoms with Gasteiger partial charge in [0.2, 0.25) is 0 Å². The van der Waals surface area contributed by atoms with Gasteiger partial charge in [-0.25, -0.2) is 4.79 Å². The van der Waals surface area contributed by atoms with Gasteiger partial charge < -0.3 is 10.0 Å². The summed E-state index contributed by atoms with van der Waals surface area (Å²) in [7, 11) is 0. The van der Waals surface area contributed by atoms with Gasteiger partial charge in [-0.1, -0.05) is 31.5 Å². The van der Waals surface area contributed by atoms with Crippen molar-refractivity contribution in [3.8, 4) is 0 Å². The fraction of sp³-hybridized carbons (Fsp3) is 0.500. The summed E-state index contributed by atoms with van der Waals surface area (Å²) in [4.78, 5) is 25.9. The van der Waals surface area contributed by atoms with E-state index in [0.717, 1.165) is 11.1 Å². The van der Waals surface area contributed by atoms with Crippen LogP contribution in [0.5, 0.6) is 0 Å². The highest BCUT2D eigenvalue weighted by atomic mass is 32.2. The SMILES string of the molecule is Cc1ccc(C(=O)N2C(C(=O)O)CSC2C(C)C)c(C)c1. The van der Waals surface area contributed by atoms with Crippen LogP contribution in [0, 0.1) is 19.8 Å². The molecule has 0 spiro atoms. The Morgan fingerprint density at radius 2 is 2.00 bits per heavy atom. The van der Waals surface area contributed by atoms with Crippen LogP contribution < -0.4 is 0 Å². The van der Waals surface area contributed by atoms with E-state index in [9.17, 15) is 14.7 Å². The molecule has 114 valence electrons. The maximum Gasteiger partial charge on any atom is 0.327 e. The van der Waals surface area contributed by atoms with Crippen LogP contribution in [0.1, 0.15) is 35.3 Å². The predicted molar refractivity (Wildman–Crippen MR) is 84.6 cm³/mol. The largest absolute Gasteiger partial charge is 0.480 e. The highest BCUT2D eigenvalue weighted by molar-refractivity contribution is 8.00. The zero-order chi connectivity index (χ0) is 15.7. The molecule has 0 radical (unpaired) electrons. The molecule has 21 heavy (non-hydrogen) atoms. The van der Waals surface area contributed by atoms with Crippen molar-refractivity contribution in [2.24, 2.45) is 5.92 Å². The molecule has 1 aliphatic heterocycles. The minimum Gasteiger partial charge on any atom is -0.480 e. The van der Waals surface area contributed by atoms with Gasteiger partial charge in [0, 0.05) is 11.3 Å². The molecule has 0 saturated carbocycles. The number of hydrogen-bond acceptors (Lipinski definition) is 3. The normalized spacial score (nSPS) is 21.9. The van der Waals surface area contributed by atoms with Gasteiger partial charge in [-0.15, -0.1) is 11.8 Å². The first-order valence-electron chi connectivity index (χ1n) is 7.07. The van der Waals surface area contributed by atoms with E-state index in [0.29, 0.717) is 11.3 Å². The van der Waals surface area contributed by atoms with Crippen LogP contribution in [0.3, 0.4) is 0 Å². The molecule has 1 aliphatic rings. The zero-order valence-corrected chi connectivity index (χ0v) is 13.6. The van der Waals surface area contributed by atoms with E-state index < -0.39 is 12.0 Å². The third-order valence-electron chi connectivity index (χ3n) is 3.74. The Kier molecular flexibility index (Phi) is 4.61. The highest BCUT2D eigenvalue weighted by Crippen LogP contribution is 2.35. The second-order valence-electron chi connectivity index (χ2n) is 5.85. The molecular weight excluding hydrogens is 286 g/mol. The monoisotopic (exact) mass is 307 g/mol. The van der Waals surface area contributed by atoms with Gasteiger partial charge in [-0.05, 0) is 31.4 Å². The molecular formula is C16H21NO3S. The molecule has 2 atom stereocenters. The summed E-state index contributed by atoms with van der Waals surface area (Å²) in [5, 5.41) is 9.30. The molecule has 0 bridgehead atoms. The van der Waals surface area contributed by atoms with Crippen molar-refractivity contribution >= 4 is 23.6 Å². The van der Waals surface area contributed by atoms with Crippen molar-refractivity contribution in [1.82, 2.24) is 4.90 Å². The number of amides is 1. The van der Waals surface area contributed by atoms with Gasteiger partial charge in [0.15, 0.2) is 0 Å². The van der Waals surface area contributed by atoms with Crippen LogP contribution in [-0.4, -0.2) is 39.1 Å². The van der Waals surface area contributed by atoms with Gasteiger partial charge in [0.1, 0.15) is 6.04 Å². The second kappa shape index (κ2) is 6.10. The Hall–Kier alpha value is -1.49. The van der Waals surface area contributed by atoms with Gasteiger partial charge >= 0.3 is 5.97 Å². The molecule has 0 aliphatic carbocycles. The van der Waals surface area contributed by atoms with Crippen LogP contribution in [0.15, 0.2) is 18.2 Å². The van der Waals surface area contributed by atoms with Crippen LogP contribution >= 0.6 is 11.8 Å². The van der Waals surface area contributed by atoms with Gasteiger partial charge in [0.25, 0.3) is 5.91 Å². The number of rotatable bonds is 3. The van der Waals surface area contributed by atoms with Gasteiger partial charge in [-0.2, -0.15) is 0 Å². The smallest absolute Gasteiger partial charge is 0.327 e. The molecule has 2 rings (SSSR count). The number of thioether (sulfide) groups is 1. The lowest BCUT2D eigenvalue weighted by atomic mass is 10.0. The van der Waals surface area contributed by atoms with Crippen LogP contribution in [-0.2, 0) is 4.79 Å². The van der Waals surface area contributed by atoms with E-state index in [1.807, 2.05) is 39.8 Å². The molecule has 0 aromatic heterocycles. The van der Waals surface area contributed by atoms with Crippen molar-refractivity contribution in [2.75, 3.05) is 5.75 Å². The number of aliphatic carboxylic acids is 1. The molecule has 1 saturated heterocycles. The summed E-state index contributed by atoms with van der Waals surface area (Å²) in [6.45, 7) is 7.90. The van der Waals surface area contributed by atoms with Crippen LogP contribution in [0.4, 0.5) is 0 Å². The number of carbonyl (C=O) groups is 2. The van der Waals surface area contributed by atoms with E-state index in [2.05, 4.69) is 0 Å². The second-order valence-corrected chi connectivity index (χ2v) is 7.00. The summed E-state index contributed by atoms with van der Waals surface area (Å²) in [5.41, 5.74) is 2.58. The number of carbonyl (C=O) groups excluding carboxylic acids is 1. The van der Waals surface area contributed by atoms with E-state index in [1.54, 1.807) is 22.7 Å². The summed E-state index contributed by atoms with van der Waals surface area (Å²) < 4.78 is 0. The first kappa shape index (κ1) is 15.9. The van der Waals surface area contributed by atoms with Crippen LogP contribution in [0.25, 0.3) is 0 Å². The Morgan fingerprint density at radius 1 is 1.33 bits per heavy atom. The maximum atomic E-state index is 12.9. The number of carboxylic acids is 1. The summed E-state index contributed by atoms with van der Waals surface area (Å²) in [5.74, 6) is -0.434. The molecule has 1 aromatic carbocycles. The average Bonchev–Trinajstić information content (AvgIpc) is 2.82. The highest BCUT2D eigenvalue weighted by Gasteiger charge is 2.43. The number of carboxylic acid groups (broad SMARTS) is 1. The lowest BCUT2D eigenvalue weighted by Gasteiger charge is -2.30. The first-order chi connectivity index (χ1) is 9.82. The lowest BCUT2D eigenvalue weighted by Crippen LogP contribution is -2.47. The molecule has 1 heterocycles. The Bertz CT molecular complexity index is 571. The molecule has 1 aromatic rings. The van der Waals surface area contributed by atoms with Crippen molar-refractivity contribution in [3.63, 3.8) is 0 Å². The molecule has 1 fully saturated rings. The standard InChI is InChI=1S/C16H21NO3S/c1-9(2)15-17(13(8-21-15)16(19)20)14(18)12-6-5-10(3)7-11(12)4/h5-7,9,13,15H,8H2,1-4H3,(H,19,20). The number of aryl methyl sites for hydroxylation is 2. The predicted octanol–water partition coefficient (Wildman–Crippen LogP) is 2.93. The maximum absolute atomic E-state index is 12.9. The van der Waals surface area contributed by atoms with E-state index in [1.165, 1.54) is 0 Å². The van der Waals surface area contributed by atoms with Crippen molar-refractivity contribution in [3.05, 3.63) is 34.9 Å². The van der Waals surface area contributed by atoms with Crippen molar-refractivity contribution in [1.29, 1.82) is 0 Å². The molecule has 2 unspecified atom stereocenters. The Morgan fingerprint density at radius 3 is 2.52 bits per heavy atom. The van der Waals surface area contributed by atoms with Gasteiger partial charge in [-0.3, -0.25) is 4.79 Å².